The quantitative estimate of drug-likeness (QED) is 0.571. The first-order valence-electron chi connectivity index (χ1n) is 11.2. The van der Waals surface area contributed by atoms with Crippen molar-refractivity contribution in [2.75, 3.05) is 0 Å². The van der Waals surface area contributed by atoms with Crippen molar-refractivity contribution >= 4 is 10.1 Å². The Kier molecular flexibility index (Phi) is 4.95. The van der Waals surface area contributed by atoms with E-state index in [4.69, 9.17) is 13.7 Å². The molecule has 9 atom stereocenters. The summed E-state index contributed by atoms with van der Waals surface area (Å²) in [5.74, 6) is -0.676. The van der Waals surface area contributed by atoms with E-state index >= 15 is 0 Å². The van der Waals surface area contributed by atoms with Crippen molar-refractivity contribution in [3.05, 3.63) is 29.8 Å². The van der Waals surface area contributed by atoms with E-state index in [9.17, 15) is 23.7 Å². The molecule has 178 valence electrons. The fraction of sp³-hybridized carbons (Fsp3) is 0.739. The third-order valence-electron chi connectivity index (χ3n) is 9.01. The zero-order valence-electron chi connectivity index (χ0n) is 18.8. The van der Waals surface area contributed by atoms with Crippen LogP contribution in [0, 0.1) is 23.7 Å². The van der Waals surface area contributed by atoms with Gasteiger partial charge in [0.2, 0.25) is 0 Å². The molecule has 32 heavy (non-hydrogen) atoms. The summed E-state index contributed by atoms with van der Waals surface area (Å²) < 4.78 is 44.2. The van der Waals surface area contributed by atoms with Crippen LogP contribution in [-0.2, 0) is 23.8 Å². The SMILES string of the molecule is Cc1ccc(S(=O)(=O)O[C@H]2[C@H](O)[C@@H](O)[C@H](O)[C@H]3OC4(C[C@H]5CC[C@]4(C)C5(C)C)O[C@H]32)cc1. The molecule has 0 aromatic heterocycles. The molecule has 1 heterocycles. The molecule has 3 saturated carbocycles. The number of benzene rings is 1. The Morgan fingerprint density at radius 3 is 2.16 bits per heavy atom. The van der Waals surface area contributed by atoms with Crippen molar-refractivity contribution in [2.24, 2.45) is 16.7 Å². The minimum Gasteiger partial charge on any atom is -0.387 e. The lowest BCUT2D eigenvalue weighted by Gasteiger charge is -2.45. The van der Waals surface area contributed by atoms with Gasteiger partial charge < -0.3 is 24.8 Å². The molecule has 1 aliphatic heterocycles. The Bertz CT molecular complexity index is 1010. The Morgan fingerprint density at radius 1 is 0.969 bits per heavy atom. The molecule has 1 unspecified atom stereocenters. The van der Waals surface area contributed by atoms with Crippen LogP contribution in [0.2, 0.25) is 0 Å². The molecule has 3 N–H and O–H groups in total. The number of aryl methyl sites for hydroxylation is 1. The van der Waals surface area contributed by atoms with E-state index in [0.29, 0.717) is 12.3 Å². The van der Waals surface area contributed by atoms with Crippen molar-refractivity contribution in [1.82, 2.24) is 0 Å². The summed E-state index contributed by atoms with van der Waals surface area (Å²) in [6.45, 7) is 8.31. The number of hydrogen-bond donors (Lipinski definition) is 3. The fourth-order valence-corrected chi connectivity index (χ4v) is 7.56. The predicted octanol–water partition coefficient (Wildman–Crippen LogP) is 1.49. The molecule has 1 aromatic carbocycles. The third kappa shape index (κ3) is 2.85. The summed E-state index contributed by atoms with van der Waals surface area (Å²) in [4.78, 5) is -0.0610. The number of rotatable bonds is 3. The lowest BCUT2D eigenvalue weighted by Crippen LogP contribution is -2.63. The van der Waals surface area contributed by atoms with Crippen LogP contribution in [0.3, 0.4) is 0 Å². The van der Waals surface area contributed by atoms with Gasteiger partial charge in [-0.25, -0.2) is 0 Å². The third-order valence-corrected chi connectivity index (χ3v) is 10.3. The molecule has 0 amide bonds. The van der Waals surface area contributed by atoms with E-state index < -0.39 is 52.5 Å². The van der Waals surface area contributed by atoms with Gasteiger partial charge in [-0.05, 0) is 43.2 Å². The first-order valence-corrected chi connectivity index (χ1v) is 12.6. The maximum atomic E-state index is 13.0. The van der Waals surface area contributed by atoms with Gasteiger partial charge in [-0.2, -0.15) is 8.42 Å². The second kappa shape index (κ2) is 6.97. The summed E-state index contributed by atoms with van der Waals surface area (Å²) in [7, 11) is -4.26. The summed E-state index contributed by atoms with van der Waals surface area (Å²) in [5, 5.41) is 31.9. The van der Waals surface area contributed by atoms with Gasteiger partial charge in [-0.15, -0.1) is 0 Å². The smallest absolute Gasteiger partial charge is 0.297 e. The normalized spacial score (nSPS) is 47.2. The second-order valence-electron chi connectivity index (χ2n) is 10.7. The average Bonchev–Trinajstić information content (AvgIpc) is 3.27. The van der Waals surface area contributed by atoms with E-state index in [0.717, 1.165) is 18.4 Å². The van der Waals surface area contributed by atoms with Gasteiger partial charge in [0.1, 0.15) is 36.6 Å². The molecule has 1 aromatic rings. The highest BCUT2D eigenvalue weighted by atomic mass is 32.2. The van der Waals surface area contributed by atoms with Crippen LogP contribution >= 0.6 is 0 Å². The lowest BCUT2D eigenvalue weighted by molar-refractivity contribution is -0.256. The maximum absolute atomic E-state index is 13.0. The Hall–Kier alpha value is -1.07. The van der Waals surface area contributed by atoms with Crippen LogP contribution in [-0.4, -0.2) is 66.1 Å². The molecule has 4 fully saturated rings. The lowest BCUT2D eigenvalue weighted by atomic mass is 9.68. The van der Waals surface area contributed by atoms with Crippen molar-refractivity contribution in [1.29, 1.82) is 0 Å². The minimum absolute atomic E-state index is 0.0610. The summed E-state index contributed by atoms with van der Waals surface area (Å²) in [5.41, 5.74) is 0.451. The predicted molar refractivity (Wildman–Crippen MR) is 113 cm³/mol. The first-order chi connectivity index (χ1) is 14.8. The fourth-order valence-electron chi connectivity index (χ4n) is 6.46. The van der Waals surface area contributed by atoms with Crippen LogP contribution in [0.15, 0.2) is 29.2 Å². The van der Waals surface area contributed by atoms with Crippen molar-refractivity contribution < 1.29 is 37.4 Å². The first kappa shape index (κ1) is 22.7. The standard InChI is InChI=1S/C23H32O8S/c1-12-5-7-14(8-6-12)32(27,28)31-19-17(26)15(24)16(25)18-20(19)30-23(29-18)11-13-9-10-22(23,4)21(13,2)3/h5-8,13,15-20,24-26H,9-11H2,1-4H3/t13-,15+,16+,17-,18-,19+,20-,22-,23?/m1/s1. The van der Waals surface area contributed by atoms with Gasteiger partial charge in [0.15, 0.2) is 5.79 Å². The highest BCUT2D eigenvalue weighted by Gasteiger charge is 2.75. The molecule has 5 rings (SSSR count). The van der Waals surface area contributed by atoms with E-state index in [2.05, 4.69) is 20.8 Å². The molecule has 4 aliphatic rings. The Labute approximate surface area is 188 Å². The number of fused-ring (bicyclic) bond motifs is 4. The number of ether oxygens (including phenoxy) is 2. The van der Waals surface area contributed by atoms with Crippen LogP contribution in [0.1, 0.15) is 45.6 Å². The molecular formula is C23H32O8S. The molecule has 2 bridgehead atoms. The largest absolute Gasteiger partial charge is 0.387 e. The van der Waals surface area contributed by atoms with E-state index in [1.165, 1.54) is 12.1 Å². The van der Waals surface area contributed by atoms with Crippen LogP contribution in [0.25, 0.3) is 0 Å². The maximum Gasteiger partial charge on any atom is 0.297 e. The van der Waals surface area contributed by atoms with Gasteiger partial charge in [-0.3, -0.25) is 4.18 Å². The van der Waals surface area contributed by atoms with Crippen LogP contribution in [0.4, 0.5) is 0 Å². The average molecular weight is 469 g/mol. The molecular weight excluding hydrogens is 436 g/mol. The number of aliphatic hydroxyl groups is 3. The summed E-state index contributed by atoms with van der Waals surface area (Å²) in [6, 6.07) is 6.15. The molecule has 9 heteroatoms. The van der Waals surface area contributed by atoms with Crippen molar-refractivity contribution in [2.45, 2.75) is 94.3 Å². The van der Waals surface area contributed by atoms with Gasteiger partial charge in [0.25, 0.3) is 10.1 Å². The summed E-state index contributed by atoms with van der Waals surface area (Å²) >= 11 is 0. The topological polar surface area (TPSA) is 123 Å². The number of aliphatic hydroxyl groups excluding tert-OH is 3. The second-order valence-corrected chi connectivity index (χ2v) is 12.3. The molecule has 8 nitrogen and oxygen atoms in total. The van der Waals surface area contributed by atoms with Gasteiger partial charge >= 0.3 is 0 Å². The monoisotopic (exact) mass is 468 g/mol. The zero-order chi connectivity index (χ0) is 23.3. The molecule has 1 spiro atoms. The van der Waals surface area contributed by atoms with Gasteiger partial charge in [-0.1, -0.05) is 38.5 Å². The van der Waals surface area contributed by atoms with Gasteiger partial charge in [0, 0.05) is 11.8 Å². The van der Waals surface area contributed by atoms with E-state index in [1.54, 1.807) is 12.1 Å². The molecule has 1 saturated heterocycles. The van der Waals surface area contributed by atoms with Crippen LogP contribution < -0.4 is 0 Å². The van der Waals surface area contributed by atoms with Crippen LogP contribution in [0.5, 0.6) is 0 Å². The number of hydrogen-bond acceptors (Lipinski definition) is 8. The molecule has 0 radical (unpaired) electrons. The molecule has 3 aliphatic carbocycles. The minimum atomic E-state index is -4.26. The zero-order valence-corrected chi connectivity index (χ0v) is 19.6. The van der Waals surface area contributed by atoms with Crippen molar-refractivity contribution in [3.63, 3.8) is 0 Å². The highest BCUT2D eigenvalue weighted by molar-refractivity contribution is 7.86. The Balaban J connectivity index is 1.49. The Morgan fingerprint density at radius 2 is 1.59 bits per heavy atom. The van der Waals surface area contributed by atoms with Gasteiger partial charge in [0.05, 0.1) is 4.90 Å². The highest BCUT2D eigenvalue weighted by Crippen LogP contribution is 2.73. The van der Waals surface area contributed by atoms with E-state index in [-0.39, 0.29) is 15.7 Å². The van der Waals surface area contributed by atoms with Crippen molar-refractivity contribution in [3.8, 4) is 0 Å². The summed E-state index contributed by atoms with van der Waals surface area (Å²) in [6.07, 6.45) is -5.68. The van der Waals surface area contributed by atoms with E-state index in [1.807, 2.05) is 6.92 Å².